The first-order chi connectivity index (χ1) is 6.75. The van der Waals surface area contributed by atoms with Crippen molar-refractivity contribution in [1.82, 2.24) is 10.6 Å². The van der Waals surface area contributed by atoms with Gasteiger partial charge in [0, 0.05) is 12.5 Å². The topological polar surface area (TPSA) is 41.1 Å². The molecule has 2 unspecified atom stereocenters. The van der Waals surface area contributed by atoms with Crippen LogP contribution in [-0.4, -0.2) is 25.0 Å². The maximum absolute atomic E-state index is 11.6. The van der Waals surface area contributed by atoms with Gasteiger partial charge in [-0.3, -0.25) is 4.79 Å². The van der Waals surface area contributed by atoms with E-state index in [2.05, 4.69) is 17.6 Å². The van der Waals surface area contributed by atoms with Gasteiger partial charge in [-0.1, -0.05) is 13.3 Å². The molecule has 1 heterocycles. The second-order valence-electron chi connectivity index (χ2n) is 4.81. The van der Waals surface area contributed by atoms with Crippen LogP contribution in [0.2, 0.25) is 0 Å². The summed E-state index contributed by atoms with van der Waals surface area (Å²) in [5.74, 6) is 1.53. The summed E-state index contributed by atoms with van der Waals surface area (Å²) in [7, 11) is 0. The molecule has 1 amide bonds. The van der Waals surface area contributed by atoms with Crippen LogP contribution >= 0.6 is 0 Å². The van der Waals surface area contributed by atoms with Gasteiger partial charge in [-0.15, -0.1) is 0 Å². The molecule has 80 valence electrons. The molecule has 3 heteroatoms. The van der Waals surface area contributed by atoms with Crippen molar-refractivity contribution in [3.05, 3.63) is 0 Å². The van der Waals surface area contributed by atoms with Crippen molar-refractivity contribution in [2.45, 2.75) is 38.6 Å². The van der Waals surface area contributed by atoms with Crippen molar-refractivity contribution in [2.24, 2.45) is 11.8 Å². The van der Waals surface area contributed by atoms with Crippen molar-refractivity contribution < 1.29 is 4.79 Å². The van der Waals surface area contributed by atoms with E-state index in [-0.39, 0.29) is 5.91 Å². The minimum Gasteiger partial charge on any atom is -0.353 e. The number of nitrogens with one attached hydrogen (secondary N) is 2. The smallest absolute Gasteiger partial charge is 0.220 e. The lowest BCUT2D eigenvalue weighted by atomic mass is 9.98. The second kappa shape index (κ2) is 4.30. The molecular weight excluding hydrogens is 176 g/mol. The van der Waals surface area contributed by atoms with E-state index in [0.717, 1.165) is 19.5 Å². The molecule has 2 N–H and O–H groups in total. The van der Waals surface area contributed by atoms with Gasteiger partial charge in [-0.2, -0.15) is 0 Å². The lowest BCUT2D eigenvalue weighted by molar-refractivity contribution is -0.123. The molecule has 0 aromatic rings. The number of hydrogen-bond acceptors (Lipinski definition) is 2. The van der Waals surface area contributed by atoms with E-state index in [1.807, 2.05) is 0 Å². The maximum Gasteiger partial charge on any atom is 0.220 e. The molecule has 1 saturated carbocycles. The highest BCUT2D eigenvalue weighted by Crippen LogP contribution is 2.25. The van der Waals surface area contributed by atoms with Crippen LogP contribution in [0.25, 0.3) is 0 Å². The molecule has 1 aliphatic carbocycles. The maximum atomic E-state index is 11.6. The first-order valence-electron chi connectivity index (χ1n) is 5.76. The molecule has 0 aromatic carbocycles. The van der Waals surface area contributed by atoms with Gasteiger partial charge in [0.15, 0.2) is 0 Å². The summed E-state index contributed by atoms with van der Waals surface area (Å²) in [5.41, 5.74) is 0. The summed E-state index contributed by atoms with van der Waals surface area (Å²) in [6.07, 6.45) is 4.44. The van der Waals surface area contributed by atoms with Gasteiger partial charge >= 0.3 is 0 Å². The third kappa shape index (κ3) is 2.27. The fourth-order valence-corrected chi connectivity index (χ4v) is 2.38. The van der Waals surface area contributed by atoms with Gasteiger partial charge < -0.3 is 10.6 Å². The Bertz CT molecular complexity index is 213. The Morgan fingerprint density at radius 1 is 1.43 bits per heavy atom. The van der Waals surface area contributed by atoms with E-state index in [1.165, 1.54) is 19.3 Å². The molecule has 14 heavy (non-hydrogen) atoms. The van der Waals surface area contributed by atoms with Crippen LogP contribution in [0, 0.1) is 11.8 Å². The van der Waals surface area contributed by atoms with Gasteiger partial charge in [0.25, 0.3) is 0 Å². The number of amides is 1. The Morgan fingerprint density at radius 3 is 2.71 bits per heavy atom. The molecular formula is C11H20N2O. The molecule has 2 rings (SSSR count). The molecule has 2 fully saturated rings. The predicted octanol–water partition coefficient (Wildman–Crippen LogP) is 0.901. The lowest BCUT2D eigenvalue weighted by Crippen LogP contribution is -2.46. The SMILES string of the molecule is CC1CCCC1NC(=O)CC1CNC1. The minimum atomic E-state index is 0.259. The third-order valence-electron chi connectivity index (χ3n) is 3.55. The average molecular weight is 196 g/mol. The van der Waals surface area contributed by atoms with Crippen molar-refractivity contribution in [3.8, 4) is 0 Å². The van der Waals surface area contributed by atoms with Gasteiger partial charge in [0.05, 0.1) is 0 Å². The molecule has 2 atom stereocenters. The van der Waals surface area contributed by atoms with Crippen molar-refractivity contribution >= 4 is 5.91 Å². The second-order valence-corrected chi connectivity index (χ2v) is 4.81. The Labute approximate surface area is 85.6 Å². The highest BCUT2D eigenvalue weighted by Gasteiger charge is 2.26. The molecule has 3 nitrogen and oxygen atoms in total. The summed E-state index contributed by atoms with van der Waals surface area (Å²) in [6, 6.07) is 0.454. The lowest BCUT2D eigenvalue weighted by Gasteiger charge is -2.27. The first-order valence-corrected chi connectivity index (χ1v) is 5.76. The Hall–Kier alpha value is -0.570. The monoisotopic (exact) mass is 196 g/mol. The summed E-state index contributed by atoms with van der Waals surface area (Å²) in [5, 5.41) is 6.35. The van der Waals surface area contributed by atoms with Crippen molar-refractivity contribution in [3.63, 3.8) is 0 Å². The fourth-order valence-electron chi connectivity index (χ4n) is 2.38. The molecule has 0 radical (unpaired) electrons. The Morgan fingerprint density at radius 2 is 2.21 bits per heavy atom. The third-order valence-corrected chi connectivity index (χ3v) is 3.55. The predicted molar refractivity (Wildman–Crippen MR) is 55.9 cm³/mol. The molecule has 2 aliphatic rings. The van der Waals surface area contributed by atoms with Crippen molar-refractivity contribution in [2.75, 3.05) is 13.1 Å². The summed E-state index contributed by atoms with van der Waals surface area (Å²) >= 11 is 0. The number of rotatable bonds is 3. The largest absolute Gasteiger partial charge is 0.353 e. The van der Waals surface area contributed by atoms with E-state index in [9.17, 15) is 4.79 Å². The Balaban J connectivity index is 1.70. The van der Waals surface area contributed by atoms with E-state index in [4.69, 9.17) is 0 Å². The average Bonchev–Trinajstić information content (AvgIpc) is 2.45. The van der Waals surface area contributed by atoms with Crippen LogP contribution in [0.3, 0.4) is 0 Å². The van der Waals surface area contributed by atoms with Crippen LogP contribution in [-0.2, 0) is 4.79 Å². The summed E-state index contributed by atoms with van der Waals surface area (Å²) in [6.45, 7) is 4.28. The molecule has 0 aromatic heterocycles. The zero-order valence-electron chi connectivity index (χ0n) is 8.88. The zero-order valence-corrected chi connectivity index (χ0v) is 8.88. The van der Waals surface area contributed by atoms with Crippen LogP contribution < -0.4 is 10.6 Å². The molecule has 1 saturated heterocycles. The number of carbonyl (C=O) groups is 1. The standard InChI is InChI=1S/C11H20N2O/c1-8-3-2-4-10(8)13-11(14)5-9-6-12-7-9/h8-10,12H,2-7H2,1H3,(H,13,14). The molecule has 1 aliphatic heterocycles. The van der Waals surface area contributed by atoms with Gasteiger partial charge in [0.2, 0.25) is 5.91 Å². The van der Waals surface area contributed by atoms with Crippen LogP contribution in [0.4, 0.5) is 0 Å². The summed E-state index contributed by atoms with van der Waals surface area (Å²) < 4.78 is 0. The first kappa shape index (κ1) is 9.97. The normalized spacial score (nSPS) is 32.6. The van der Waals surface area contributed by atoms with Crippen LogP contribution in [0.15, 0.2) is 0 Å². The van der Waals surface area contributed by atoms with E-state index < -0.39 is 0 Å². The fraction of sp³-hybridized carbons (Fsp3) is 0.909. The molecule has 0 bridgehead atoms. The van der Waals surface area contributed by atoms with Crippen LogP contribution in [0.1, 0.15) is 32.6 Å². The van der Waals surface area contributed by atoms with E-state index >= 15 is 0 Å². The Kier molecular flexibility index (Phi) is 3.06. The quantitative estimate of drug-likeness (QED) is 0.704. The zero-order chi connectivity index (χ0) is 9.97. The van der Waals surface area contributed by atoms with E-state index in [1.54, 1.807) is 0 Å². The van der Waals surface area contributed by atoms with Gasteiger partial charge in [-0.25, -0.2) is 0 Å². The number of hydrogen-bond donors (Lipinski definition) is 2. The van der Waals surface area contributed by atoms with Gasteiger partial charge in [0.1, 0.15) is 0 Å². The summed E-state index contributed by atoms with van der Waals surface area (Å²) in [4.78, 5) is 11.6. The highest BCUT2D eigenvalue weighted by molar-refractivity contribution is 5.76. The van der Waals surface area contributed by atoms with Gasteiger partial charge in [-0.05, 0) is 37.8 Å². The van der Waals surface area contributed by atoms with Crippen LogP contribution in [0.5, 0.6) is 0 Å². The van der Waals surface area contributed by atoms with Crippen molar-refractivity contribution in [1.29, 1.82) is 0 Å². The minimum absolute atomic E-state index is 0.259. The number of carbonyl (C=O) groups excluding carboxylic acids is 1. The highest BCUT2D eigenvalue weighted by atomic mass is 16.1. The van der Waals surface area contributed by atoms with E-state index in [0.29, 0.717) is 17.9 Å². The molecule has 0 spiro atoms.